The Bertz CT molecular complexity index is 1290. The molecule has 0 saturated carbocycles. The highest BCUT2D eigenvalue weighted by Gasteiger charge is 2.29. The highest BCUT2D eigenvalue weighted by Crippen LogP contribution is 2.27. The zero-order chi connectivity index (χ0) is 22.7. The molecular weight excluding hydrogens is 428 g/mol. The van der Waals surface area contributed by atoms with Gasteiger partial charge >= 0.3 is 0 Å². The summed E-state index contributed by atoms with van der Waals surface area (Å²) < 4.78 is 28.9. The molecule has 8 heteroatoms. The summed E-state index contributed by atoms with van der Waals surface area (Å²) in [4.78, 5) is 25.4. The zero-order valence-electron chi connectivity index (χ0n) is 17.6. The van der Waals surface area contributed by atoms with Crippen molar-refractivity contribution in [2.24, 2.45) is 0 Å². The fourth-order valence-corrected chi connectivity index (χ4v) is 5.41. The van der Waals surface area contributed by atoms with E-state index in [-0.39, 0.29) is 29.8 Å². The minimum atomic E-state index is -3.09. The van der Waals surface area contributed by atoms with Crippen LogP contribution in [-0.2, 0) is 14.6 Å². The van der Waals surface area contributed by atoms with Crippen LogP contribution in [0, 0.1) is 6.92 Å². The maximum atomic E-state index is 13.1. The maximum absolute atomic E-state index is 13.1. The van der Waals surface area contributed by atoms with Gasteiger partial charge < -0.3 is 15.4 Å². The monoisotopic (exact) mass is 452 g/mol. The first kappa shape index (κ1) is 21.8. The lowest BCUT2D eigenvalue weighted by molar-refractivity contribution is -0.123. The summed E-state index contributed by atoms with van der Waals surface area (Å²) in [6.45, 7) is 1.58. The third kappa shape index (κ3) is 5.08. The Kier molecular flexibility index (Phi) is 6.14. The van der Waals surface area contributed by atoms with Gasteiger partial charge in [-0.15, -0.1) is 0 Å². The van der Waals surface area contributed by atoms with Gasteiger partial charge in [-0.1, -0.05) is 42.5 Å². The first-order valence-corrected chi connectivity index (χ1v) is 12.2. The molecule has 0 spiro atoms. The Morgan fingerprint density at radius 2 is 1.72 bits per heavy atom. The largest absolute Gasteiger partial charge is 0.483 e. The van der Waals surface area contributed by atoms with E-state index in [4.69, 9.17) is 4.74 Å². The average molecular weight is 453 g/mol. The number of hydrogen-bond donors (Lipinski definition) is 2. The Balaban J connectivity index is 1.53. The van der Waals surface area contributed by atoms with Gasteiger partial charge in [0.15, 0.2) is 16.4 Å². The second-order valence-corrected chi connectivity index (χ2v) is 10.1. The number of fused-ring (bicyclic) bond motifs is 1. The van der Waals surface area contributed by atoms with Crippen LogP contribution in [-0.4, -0.2) is 44.4 Å². The summed E-state index contributed by atoms with van der Waals surface area (Å²) in [7, 11) is -3.09. The van der Waals surface area contributed by atoms with Crippen LogP contribution in [0.4, 0.5) is 5.69 Å². The van der Waals surface area contributed by atoms with Crippen molar-refractivity contribution in [1.82, 2.24) is 5.32 Å². The van der Waals surface area contributed by atoms with Gasteiger partial charge in [-0.05, 0) is 47.9 Å². The molecule has 0 aliphatic carbocycles. The Hall–Kier alpha value is -3.39. The SMILES string of the molecule is Cc1ccccc1NC(=O)c1cc2ccccc2cc1OCC(=O)NC1CCS(=O)(=O)C1. The Morgan fingerprint density at radius 3 is 2.41 bits per heavy atom. The van der Waals surface area contributed by atoms with Gasteiger partial charge in [0, 0.05) is 11.7 Å². The van der Waals surface area contributed by atoms with Gasteiger partial charge in [0.2, 0.25) is 0 Å². The van der Waals surface area contributed by atoms with Crippen molar-refractivity contribution in [3.8, 4) is 5.75 Å². The number of rotatable bonds is 6. The number of nitrogens with one attached hydrogen (secondary N) is 2. The first-order valence-electron chi connectivity index (χ1n) is 10.3. The van der Waals surface area contributed by atoms with Crippen LogP contribution in [0.25, 0.3) is 10.8 Å². The van der Waals surface area contributed by atoms with Crippen LogP contribution in [0.5, 0.6) is 5.75 Å². The molecular formula is C24H24N2O5S. The van der Waals surface area contributed by atoms with Gasteiger partial charge in [0.05, 0.1) is 17.1 Å². The predicted molar refractivity (Wildman–Crippen MR) is 124 cm³/mol. The molecule has 0 radical (unpaired) electrons. The molecule has 1 aliphatic rings. The number of carbonyl (C=O) groups is 2. The van der Waals surface area contributed by atoms with E-state index < -0.39 is 21.8 Å². The van der Waals surface area contributed by atoms with Crippen molar-refractivity contribution in [2.75, 3.05) is 23.4 Å². The van der Waals surface area contributed by atoms with Crippen LogP contribution >= 0.6 is 0 Å². The number of hydrogen-bond acceptors (Lipinski definition) is 5. The quantitative estimate of drug-likeness (QED) is 0.599. The molecule has 0 bridgehead atoms. The highest BCUT2D eigenvalue weighted by molar-refractivity contribution is 7.91. The molecule has 7 nitrogen and oxygen atoms in total. The van der Waals surface area contributed by atoms with Crippen LogP contribution in [0.1, 0.15) is 22.3 Å². The molecule has 1 unspecified atom stereocenters. The summed E-state index contributed by atoms with van der Waals surface area (Å²) in [5.41, 5.74) is 1.93. The van der Waals surface area contributed by atoms with Gasteiger partial charge in [-0.2, -0.15) is 0 Å². The van der Waals surface area contributed by atoms with E-state index in [2.05, 4.69) is 10.6 Å². The lowest BCUT2D eigenvalue weighted by Gasteiger charge is -2.15. The summed E-state index contributed by atoms with van der Waals surface area (Å²) in [6.07, 6.45) is 0.397. The lowest BCUT2D eigenvalue weighted by atomic mass is 10.0. The molecule has 0 aromatic heterocycles. The molecule has 2 N–H and O–H groups in total. The average Bonchev–Trinajstić information content (AvgIpc) is 3.11. The summed E-state index contributed by atoms with van der Waals surface area (Å²) >= 11 is 0. The van der Waals surface area contributed by atoms with E-state index in [1.807, 2.05) is 55.5 Å². The predicted octanol–water partition coefficient (Wildman–Crippen LogP) is 3.08. The molecule has 2 amide bonds. The van der Waals surface area contributed by atoms with Gasteiger partial charge in [-0.3, -0.25) is 9.59 Å². The molecule has 32 heavy (non-hydrogen) atoms. The number of aryl methyl sites for hydroxylation is 1. The van der Waals surface area contributed by atoms with Crippen LogP contribution in [0.3, 0.4) is 0 Å². The van der Waals surface area contributed by atoms with Crippen molar-refractivity contribution >= 4 is 38.1 Å². The van der Waals surface area contributed by atoms with E-state index >= 15 is 0 Å². The van der Waals surface area contributed by atoms with E-state index in [0.29, 0.717) is 17.7 Å². The fraction of sp³-hybridized carbons (Fsp3) is 0.250. The molecule has 3 aromatic rings. The zero-order valence-corrected chi connectivity index (χ0v) is 18.4. The van der Waals surface area contributed by atoms with Crippen molar-refractivity contribution in [3.05, 3.63) is 71.8 Å². The smallest absolute Gasteiger partial charge is 0.259 e. The number of amides is 2. The molecule has 1 fully saturated rings. The van der Waals surface area contributed by atoms with E-state index in [9.17, 15) is 18.0 Å². The van der Waals surface area contributed by atoms with Gasteiger partial charge in [0.25, 0.3) is 11.8 Å². The topological polar surface area (TPSA) is 102 Å². The molecule has 1 heterocycles. The summed E-state index contributed by atoms with van der Waals surface area (Å²) in [6, 6.07) is 18.1. The fourth-order valence-electron chi connectivity index (χ4n) is 3.74. The molecule has 166 valence electrons. The number of anilines is 1. The van der Waals surface area contributed by atoms with E-state index in [0.717, 1.165) is 16.3 Å². The van der Waals surface area contributed by atoms with Crippen molar-refractivity contribution < 1.29 is 22.7 Å². The Labute approximate surface area is 186 Å². The number of benzene rings is 3. The van der Waals surface area contributed by atoms with Crippen molar-refractivity contribution in [1.29, 1.82) is 0 Å². The molecule has 1 saturated heterocycles. The molecule has 1 aliphatic heterocycles. The Morgan fingerprint density at radius 1 is 1.03 bits per heavy atom. The number of sulfone groups is 1. The third-order valence-electron chi connectivity index (χ3n) is 5.44. The normalized spacial score (nSPS) is 17.1. The number of ether oxygens (including phenoxy) is 1. The highest BCUT2D eigenvalue weighted by atomic mass is 32.2. The van der Waals surface area contributed by atoms with E-state index in [1.54, 1.807) is 12.1 Å². The van der Waals surface area contributed by atoms with Crippen molar-refractivity contribution in [3.63, 3.8) is 0 Å². The van der Waals surface area contributed by atoms with Crippen LogP contribution < -0.4 is 15.4 Å². The second-order valence-electron chi connectivity index (χ2n) is 7.92. The van der Waals surface area contributed by atoms with E-state index in [1.165, 1.54) is 0 Å². The van der Waals surface area contributed by atoms with Crippen LogP contribution in [0.2, 0.25) is 0 Å². The summed E-state index contributed by atoms with van der Waals surface area (Å²) in [5.74, 6) is -0.470. The van der Waals surface area contributed by atoms with Gasteiger partial charge in [-0.25, -0.2) is 8.42 Å². The maximum Gasteiger partial charge on any atom is 0.259 e. The number of para-hydroxylation sites is 1. The minimum Gasteiger partial charge on any atom is -0.483 e. The van der Waals surface area contributed by atoms with Crippen molar-refractivity contribution in [2.45, 2.75) is 19.4 Å². The molecule has 3 aromatic carbocycles. The second kappa shape index (κ2) is 9.00. The summed E-state index contributed by atoms with van der Waals surface area (Å²) in [5, 5.41) is 7.34. The molecule has 4 rings (SSSR count). The standard InChI is InChI=1S/C24H24N2O5S/c1-16-6-2-5-9-21(16)26-24(28)20-12-17-7-3-4-8-18(17)13-22(20)31-14-23(27)25-19-10-11-32(29,30)15-19/h2-9,12-13,19H,10-11,14-15H2,1H3,(H,25,27)(H,26,28). The third-order valence-corrected chi connectivity index (χ3v) is 7.21. The minimum absolute atomic E-state index is 0.0567. The molecule has 1 atom stereocenters. The first-order chi connectivity index (χ1) is 15.3. The lowest BCUT2D eigenvalue weighted by Crippen LogP contribution is -2.38. The number of carbonyl (C=O) groups excluding carboxylic acids is 2. The van der Waals surface area contributed by atoms with Crippen LogP contribution in [0.15, 0.2) is 60.7 Å². The van der Waals surface area contributed by atoms with Gasteiger partial charge in [0.1, 0.15) is 5.75 Å².